The fraction of sp³-hybridized carbons (Fsp3) is 0.481. The zero-order chi connectivity index (χ0) is 27.6. The Balaban J connectivity index is 2.22. The average Bonchev–Trinajstić information content (AvgIpc) is 2.85. The molecule has 37 heavy (non-hydrogen) atoms. The molecule has 0 heterocycles. The summed E-state index contributed by atoms with van der Waals surface area (Å²) in [6.07, 6.45) is 1.56. The van der Waals surface area contributed by atoms with Crippen LogP contribution in [0.25, 0.3) is 0 Å². The van der Waals surface area contributed by atoms with E-state index in [1.807, 2.05) is 32.9 Å². The van der Waals surface area contributed by atoms with Gasteiger partial charge in [-0.25, -0.2) is 12.8 Å². The molecule has 2 aromatic carbocycles. The van der Waals surface area contributed by atoms with Gasteiger partial charge in [-0.05, 0) is 48.6 Å². The van der Waals surface area contributed by atoms with E-state index in [1.54, 1.807) is 25.3 Å². The van der Waals surface area contributed by atoms with Crippen LogP contribution in [-0.2, 0) is 26.2 Å². The Hall–Kier alpha value is -3.14. The van der Waals surface area contributed by atoms with Crippen molar-refractivity contribution in [1.29, 1.82) is 0 Å². The zero-order valence-corrected chi connectivity index (χ0v) is 23.1. The van der Waals surface area contributed by atoms with Gasteiger partial charge in [0.2, 0.25) is 21.8 Å². The Morgan fingerprint density at radius 1 is 1.08 bits per heavy atom. The van der Waals surface area contributed by atoms with Crippen LogP contribution in [-0.4, -0.2) is 57.6 Å². The second-order valence-corrected chi connectivity index (χ2v) is 11.2. The van der Waals surface area contributed by atoms with Crippen LogP contribution < -0.4 is 14.4 Å². The molecule has 0 unspecified atom stereocenters. The predicted molar refractivity (Wildman–Crippen MR) is 143 cm³/mol. The van der Waals surface area contributed by atoms with E-state index >= 15 is 0 Å². The number of rotatable bonds is 14. The van der Waals surface area contributed by atoms with Crippen molar-refractivity contribution in [3.8, 4) is 5.75 Å². The van der Waals surface area contributed by atoms with Gasteiger partial charge < -0.3 is 15.0 Å². The monoisotopic (exact) mass is 535 g/mol. The summed E-state index contributed by atoms with van der Waals surface area (Å²) in [6.45, 7) is 6.45. The third-order valence-electron chi connectivity index (χ3n) is 5.86. The second kappa shape index (κ2) is 14.0. The normalized spacial score (nSPS) is 12.2. The Kier molecular flexibility index (Phi) is 11.4. The van der Waals surface area contributed by atoms with Crippen LogP contribution in [0.2, 0.25) is 0 Å². The summed E-state index contributed by atoms with van der Waals surface area (Å²) < 4.78 is 45.2. The number of nitrogens with zero attached hydrogens (tertiary/aromatic N) is 2. The summed E-state index contributed by atoms with van der Waals surface area (Å²) in [6, 6.07) is 12.2. The molecule has 204 valence electrons. The second-order valence-electron chi connectivity index (χ2n) is 9.32. The summed E-state index contributed by atoms with van der Waals surface area (Å²) >= 11 is 0. The first-order valence-corrected chi connectivity index (χ1v) is 14.2. The number of hydrogen-bond donors (Lipinski definition) is 1. The molecule has 0 bridgehead atoms. The first kappa shape index (κ1) is 30.1. The molecule has 0 aromatic heterocycles. The fourth-order valence-electron chi connectivity index (χ4n) is 3.91. The Morgan fingerprint density at radius 3 is 2.27 bits per heavy atom. The van der Waals surface area contributed by atoms with Crippen molar-refractivity contribution in [1.82, 2.24) is 10.2 Å². The highest BCUT2D eigenvalue weighted by molar-refractivity contribution is 7.92. The maximum Gasteiger partial charge on any atom is 0.242 e. The minimum absolute atomic E-state index is 0.00934. The van der Waals surface area contributed by atoms with Gasteiger partial charge in [0, 0.05) is 26.1 Å². The number of methoxy groups -OCH3 is 1. The average molecular weight is 536 g/mol. The summed E-state index contributed by atoms with van der Waals surface area (Å²) in [5.74, 6) is -0.246. The Morgan fingerprint density at radius 2 is 1.73 bits per heavy atom. The maximum atomic E-state index is 14.3. The van der Waals surface area contributed by atoms with E-state index in [1.165, 1.54) is 23.1 Å². The third kappa shape index (κ3) is 9.03. The summed E-state index contributed by atoms with van der Waals surface area (Å²) in [4.78, 5) is 28.0. The molecule has 0 saturated heterocycles. The number of halogens is 1. The molecule has 0 aliphatic heterocycles. The number of hydrogen-bond acceptors (Lipinski definition) is 5. The van der Waals surface area contributed by atoms with Crippen LogP contribution in [0.3, 0.4) is 0 Å². The van der Waals surface area contributed by atoms with Crippen LogP contribution >= 0.6 is 0 Å². The molecule has 0 aliphatic rings. The SMILES string of the molecule is CC[C@@H](C(=O)NCC(C)C)N(Cc1ccc(OC)cc1)C(=O)CCCN(c1ccccc1F)S(C)(=O)=O. The Labute approximate surface area is 219 Å². The number of sulfonamides is 1. The van der Waals surface area contributed by atoms with Gasteiger partial charge >= 0.3 is 0 Å². The van der Waals surface area contributed by atoms with Gasteiger partial charge in [-0.2, -0.15) is 0 Å². The van der Waals surface area contributed by atoms with E-state index in [0.717, 1.165) is 16.1 Å². The molecule has 0 radical (unpaired) electrons. The van der Waals surface area contributed by atoms with Gasteiger partial charge in [0.25, 0.3) is 0 Å². The molecule has 2 aromatic rings. The van der Waals surface area contributed by atoms with Crippen molar-refractivity contribution in [3.63, 3.8) is 0 Å². The van der Waals surface area contributed by atoms with E-state index in [9.17, 15) is 22.4 Å². The largest absolute Gasteiger partial charge is 0.497 e. The number of nitrogens with one attached hydrogen (secondary N) is 1. The topological polar surface area (TPSA) is 96.0 Å². The van der Waals surface area contributed by atoms with Gasteiger partial charge in [-0.3, -0.25) is 13.9 Å². The van der Waals surface area contributed by atoms with Crippen LogP contribution in [0.15, 0.2) is 48.5 Å². The predicted octanol–water partition coefficient (Wildman–Crippen LogP) is 3.96. The molecule has 0 spiro atoms. The maximum absolute atomic E-state index is 14.3. The van der Waals surface area contributed by atoms with Gasteiger partial charge in [-0.15, -0.1) is 0 Å². The minimum Gasteiger partial charge on any atom is -0.497 e. The molecule has 0 aliphatic carbocycles. The van der Waals surface area contributed by atoms with Crippen molar-refractivity contribution in [3.05, 3.63) is 59.9 Å². The zero-order valence-electron chi connectivity index (χ0n) is 22.2. The minimum atomic E-state index is -3.77. The van der Waals surface area contributed by atoms with Crippen LogP contribution in [0, 0.1) is 11.7 Å². The highest BCUT2D eigenvalue weighted by atomic mass is 32.2. The van der Waals surface area contributed by atoms with E-state index in [4.69, 9.17) is 4.74 Å². The summed E-state index contributed by atoms with van der Waals surface area (Å²) in [5, 5.41) is 2.91. The third-order valence-corrected chi connectivity index (χ3v) is 7.04. The lowest BCUT2D eigenvalue weighted by Gasteiger charge is -2.31. The number of carbonyl (C=O) groups excluding carboxylic acids is 2. The quantitative estimate of drug-likeness (QED) is 0.395. The highest BCUT2D eigenvalue weighted by Crippen LogP contribution is 2.23. The van der Waals surface area contributed by atoms with Crippen molar-refractivity contribution < 1.29 is 27.1 Å². The number of carbonyl (C=O) groups is 2. The molecule has 1 N–H and O–H groups in total. The first-order chi connectivity index (χ1) is 17.5. The van der Waals surface area contributed by atoms with Gasteiger partial charge in [-0.1, -0.05) is 45.0 Å². The number of ether oxygens (including phenoxy) is 1. The standard InChI is InChI=1S/C27H38FN3O5S/c1-6-24(27(33)29-18-20(2)3)30(19-21-13-15-22(36-4)16-14-21)26(32)12-9-17-31(37(5,34)35)25-11-8-7-10-23(25)28/h7-8,10-11,13-16,20,24H,6,9,12,17-19H2,1-5H3,(H,29,33)/t24-/m0/s1. The molecule has 10 heteroatoms. The number of benzene rings is 2. The lowest BCUT2D eigenvalue weighted by atomic mass is 10.1. The van der Waals surface area contributed by atoms with E-state index < -0.39 is 21.9 Å². The van der Waals surface area contributed by atoms with E-state index in [0.29, 0.717) is 18.7 Å². The Bertz CT molecular complexity index is 1140. The van der Waals surface area contributed by atoms with Gasteiger partial charge in [0.15, 0.2) is 0 Å². The molecule has 2 rings (SSSR count). The molecule has 8 nitrogen and oxygen atoms in total. The lowest BCUT2D eigenvalue weighted by Crippen LogP contribution is -2.49. The molecule has 0 saturated carbocycles. The van der Waals surface area contributed by atoms with Crippen LogP contribution in [0.4, 0.5) is 10.1 Å². The molecular formula is C27H38FN3O5S. The first-order valence-electron chi connectivity index (χ1n) is 12.4. The van der Waals surface area contributed by atoms with Crippen molar-refractivity contribution in [2.45, 2.75) is 52.6 Å². The molecule has 0 fully saturated rings. The molecule has 2 amide bonds. The van der Waals surface area contributed by atoms with Crippen LogP contribution in [0.1, 0.15) is 45.6 Å². The smallest absolute Gasteiger partial charge is 0.242 e. The molecule has 1 atom stereocenters. The number of anilines is 1. The van der Waals surface area contributed by atoms with Crippen LogP contribution in [0.5, 0.6) is 5.75 Å². The molecular weight excluding hydrogens is 497 g/mol. The highest BCUT2D eigenvalue weighted by Gasteiger charge is 2.29. The summed E-state index contributed by atoms with van der Waals surface area (Å²) in [5.41, 5.74) is 0.764. The van der Waals surface area contributed by atoms with Crippen molar-refractivity contribution in [2.24, 2.45) is 5.92 Å². The summed E-state index contributed by atoms with van der Waals surface area (Å²) in [7, 11) is -2.20. The van der Waals surface area contributed by atoms with E-state index in [2.05, 4.69) is 5.32 Å². The van der Waals surface area contributed by atoms with Crippen molar-refractivity contribution >= 4 is 27.5 Å². The van der Waals surface area contributed by atoms with Gasteiger partial charge in [0.1, 0.15) is 17.6 Å². The lowest BCUT2D eigenvalue weighted by molar-refractivity contribution is -0.141. The van der Waals surface area contributed by atoms with Gasteiger partial charge in [0.05, 0.1) is 19.1 Å². The number of para-hydroxylation sites is 1. The fourth-order valence-corrected chi connectivity index (χ4v) is 4.87. The number of amides is 2. The van der Waals surface area contributed by atoms with Crippen molar-refractivity contribution in [2.75, 3.05) is 30.8 Å². The van der Waals surface area contributed by atoms with E-state index in [-0.39, 0.29) is 49.4 Å².